The molecule has 0 radical (unpaired) electrons. The van der Waals surface area contributed by atoms with Crippen LogP contribution in [0.25, 0.3) is 0 Å². The number of carboxylic acids is 1. The van der Waals surface area contributed by atoms with Crippen LogP contribution in [0.5, 0.6) is 0 Å². The zero-order valence-electron chi connectivity index (χ0n) is 9.83. The molecule has 92 valence electrons. The van der Waals surface area contributed by atoms with Gasteiger partial charge in [-0.3, -0.25) is 0 Å². The molecule has 1 N–H and O–H groups in total. The van der Waals surface area contributed by atoms with Crippen LogP contribution >= 0.6 is 0 Å². The van der Waals surface area contributed by atoms with E-state index in [0.29, 0.717) is 0 Å². The summed E-state index contributed by atoms with van der Waals surface area (Å²) in [7, 11) is 0. The smallest absolute Gasteiger partial charge is 0.356 e. The van der Waals surface area contributed by atoms with Crippen molar-refractivity contribution in [2.24, 2.45) is 0 Å². The number of aromatic carboxylic acids is 1. The van der Waals surface area contributed by atoms with Crippen LogP contribution in [0.1, 0.15) is 17.4 Å². The Balaban J connectivity index is 2.01. The van der Waals surface area contributed by atoms with Crippen molar-refractivity contribution in [3.05, 3.63) is 18.1 Å². The summed E-state index contributed by atoms with van der Waals surface area (Å²) in [6.07, 6.45) is 2.84. The highest BCUT2D eigenvalue weighted by Crippen LogP contribution is 2.12. The lowest BCUT2D eigenvalue weighted by Crippen LogP contribution is -2.46. The maximum absolute atomic E-state index is 10.6. The molecule has 0 unspecified atom stereocenters. The van der Waals surface area contributed by atoms with Gasteiger partial charge in [0.05, 0.1) is 12.4 Å². The molecule has 1 aliphatic heterocycles. The van der Waals surface area contributed by atoms with Gasteiger partial charge in [-0.1, -0.05) is 6.92 Å². The number of anilines is 1. The van der Waals surface area contributed by atoms with Crippen molar-refractivity contribution in [1.29, 1.82) is 0 Å². The molecule has 1 aromatic heterocycles. The highest BCUT2D eigenvalue weighted by molar-refractivity contribution is 5.84. The van der Waals surface area contributed by atoms with Gasteiger partial charge in [0.1, 0.15) is 5.82 Å². The number of nitrogens with zero attached hydrogens (tertiary/aromatic N) is 4. The fourth-order valence-electron chi connectivity index (χ4n) is 1.89. The van der Waals surface area contributed by atoms with Gasteiger partial charge in [-0.25, -0.2) is 14.8 Å². The van der Waals surface area contributed by atoms with Crippen molar-refractivity contribution in [2.45, 2.75) is 6.92 Å². The monoisotopic (exact) mass is 236 g/mol. The van der Waals surface area contributed by atoms with Crippen molar-refractivity contribution in [1.82, 2.24) is 14.9 Å². The molecule has 0 saturated carbocycles. The molecule has 0 bridgehead atoms. The van der Waals surface area contributed by atoms with Crippen LogP contribution < -0.4 is 4.90 Å². The van der Waals surface area contributed by atoms with Gasteiger partial charge < -0.3 is 14.9 Å². The Morgan fingerprint density at radius 3 is 2.47 bits per heavy atom. The fourth-order valence-corrected chi connectivity index (χ4v) is 1.89. The molecule has 1 saturated heterocycles. The molecule has 0 spiro atoms. The quantitative estimate of drug-likeness (QED) is 0.815. The van der Waals surface area contributed by atoms with Crippen LogP contribution in [0, 0.1) is 0 Å². The van der Waals surface area contributed by atoms with Crippen LogP contribution in [0.2, 0.25) is 0 Å². The maximum atomic E-state index is 10.6. The van der Waals surface area contributed by atoms with Gasteiger partial charge in [0.25, 0.3) is 0 Å². The summed E-state index contributed by atoms with van der Waals surface area (Å²) in [5.41, 5.74) is -0.0130. The van der Waals surface area contributed by atoms with E-state index in [0.717, 1.165) is 38.5 Å². The van der Waals surface area contributed by atoms with Gasteiger partial charge in [0.15, 0.2) is 5.69 Å². The highest BCUT2D eigenvalue weighted by atomic mass is 16.4. The summed E-state index contributed by atoms with van der Waals surface area (Å²) >= 11 is 0. The first-order valence-corrected chi connectivity index (χ1v) is 5.73. The van der Waals surface area contributed by atoms with Crippen molar-refractivity contribution in [3.8, 4) is 0 Å². The Morgan fingerprint density at radius 1 is 1.29 bits per heavy atom. The summed E-state index contributed by atoms with van der Waals surface area (Å²) in [6, 6.07) is 0. The van der Waals surface area contributed by atoms with E-state index < -0.39 is 5.97 Å². The van der Waals surface area contributed by atoms with Crippen molar-refractivity contribution >= 4 is 11.8 Å². The molecule has 0 atom stereocenters. The highest BCUT2D eigenvalue weighted by Gasteiger charge is 2.17. The van der Waals surface area contributed by atoms with Gasteiger partial charge in [-0.15, -0.1) is 0 Å². The number of rotatable bonds is 3. The first kappa shape index (κ1) is 11.8. The number of carboxylic acid groups (broad SMARTS) is 1. The standard InChI is InChI=1S/C11H16N4O2/c1-2-14-3-5-15(6-4-14)10-8-12-9(7-13-10)11(16)17/h7-8H,2-6H2,1H3,(H,16,17). The lowest BCUT2D eigenvalue weighted by atomic mass is 10.3. The van der Waals surface area contributed by atoms with E-state index in [4.69, 9.17) is 5.11 Å². The third-order valence-corrected chi connectivity index (χ3v) is 3.00. The van der Waals surface area contributed by atoms with Crippen LogP contribution in [0.3, 0.4) is 0 Å². The Morgan fingerprint density at radius 2 is 2.00 bits per heavy atom. The van der Waals surface area contributed by atoms with E-state index >= 15 is 0 Å². The van der Waals surface area contributed by atoms with Gasteiger partial charge in [0, 0.05) is 26.2 Å². The Kier molecular flexibility index (Phi) is 3.53. The maximum Gasteiger partial charge on any atom is 0.356 e. The number of piperazine rings is 1. The van der Waals surface area contributed by atoms with E-state index in [1.165, 1.54) is 12.4 Å². The number of hydrogen-bond acceptors (Lipinski definition) is 5. The summed E-state index contributed by atoms with van der Waals surface area (Å²) in [6.45, 7) is 7.07. The molecular weight excluding hydrogens is 220 g/mol. The lowest BCUT2D eigenvalue weighted by molar-refractivity contribution is 0.0690. The largest absolute Gasteiger partial charge is 0.476 e. The second-order valence-corrected chi connectivity index (χ2v) is 3.99. The Hall–Kier alpha value is -1.69. The Labute approximate surface area is 99.9 Å². The van der Waals surface area contributed by atoms with Gasteiger partial charge in [0.2, 0.25) is 0 Å². The van der Waals surface area contributed by atoms with Gasteiger partial charge in [-0.05, 0) is 6.54 Å². The average molecular weight is 236 g/mol. The number of likely N-dealkylation sites (N-methyl/N-ethyl adjacent to an activating group) is 1. The van der Waals surface area contributed by atoms with Crippen molar-refractivity contribution in [3.63, 3.8) is 0 Å². The molecule has 6 nitrogen and oxygen atoms in total. The summed E-state index contributed by atoms with van der Waals surface area (Å²) in [4.78, 5) is 23.2. The number of hydrogen-bond donors (Lipinski definition) is 1. The van der Waals surface area contributed by atoms with E-state index in [9.17, 15) is 4.79 Å². The Bertz CT molecular complexity index is 385. The number of aromatic nitrogens is 2. The average Bonchev–Trinajstić information content (AvgIpc) is 2.39. The topological polar surface area (TPSA) is 69.6 Å². The molecule has 0 aliphatic carbocycles. The molecule has 1 aliphatic rings. The minimum atomic E-state index is -1.04. The van der Waals surface area contributed by atoms with Gasteiger partial charge in [-0.2, -0.15) is 0 Å². The molecular formula is C11H16N4O2. The van der Waals surface area contributed by atoms with Crippen molar-refractivity contribution in [2.75, 3.05) is 37.6 Å². The molecule has 17 heavy (non-hydrogen) atoms. The molecule has 0 aromatic carbocycles. The second-order valence-electron chi connectivity index (χ2n) is 3.99. The summed E-state index contributed by atoms with van der Waals surface area (Å²) < 4.78 is 0. The molecule has 6 heteroatoms. The minimum absolute atomic E-state index is 0.0130. The predicted octanol–water partition coefficient (Wildman–Crippen LogP) is 0.317. The number of carbonyl (C=O) groups is 1. The zero-order chi connectivity index (χ0) is 12.3. The predicted molar refractivity (Wildman–Crippen MR) is 63.3 cm³/mol. The third kappa shape index (κ3) is 2.71. The first-order chi connectivity index (χ1) is 8.20. The summed E-state index contributed by atoms with van der Waals surface area (Å²) in [5, 5.41) is 8.73. The van der Waals surface area contributed by atoms with Crippen LogP contribution in [-0.2, 0) is 0 Å². The normalized spacial score (nSPS) is 17.1. The molecule has 2 rings (SSSR count). The summed E-state index contributed by atoms with van der Waals surface area (Å²) in [5.74, 6) is -0.286. The van der Waals surface area contributed by atoms with E-state index in [1.54, 1.807) is 0 Å². The lowest BCUT2D eigenvalue weighted by Gasteiger charge is -2.34. The minimum Gasteiger partial charge on any atom is -0.476 e. The first-order valence-electron chi connectivity index (χ1n) is 5.73. The second kappa shape index (κ2) is 5.09. The molecule has 1 aromatic rings. The molecule has 2 heterocycles. The fraction of sp³-hybridized carbons (Fsp3) is 0.545. The SMILES string of the molecule is CCN1CCN(c2cnc(C(=O)O)cn2)CC1. The van der Waals surface area contributed by atoms with Gasteiger partial charge >= 0.3 is 5.97 Å². The van der Waals surface area contributed by atoms with Crippen molar-refractivity contribution < 1.29 is 9.90 Å². The third-order valence-electron chi connectivity index (χ3n) is 3.00. The van der Waals surface area contributed by atoms with Crippen LogP contribution in [-0.4, -0.2) is 58.7 Å². The zero-order valence-corrected chi connectivity index (χ0v) is 9.83. The van der Waals surface area contributed by atoms with Crippen LogP contribution in [0.4, 0.5) is 5.82 Å². The van der Waals surface area contributed by atoms with E-state index in [1.807, 2.05) is 0 Å². The van der Waals surface area contributed by atoms with E-state index in [2.05, 4.69) is 26.7 Å². The van der Waals surface area contributed by atoms with Crippen LogP contribution in [0.15, 0.2) is 12.4 Å². The molecule has 0 amide bonds. The molecule has 1 fully saturated rings. The van der Waals surface area contributed by atoms with E-state index in [-0.39, 0.29) is 5.69 Å².